The van der Waals surface area contributed by atoms with Crippen LogP contribution in [-0.4, -0.2) is 52.4 Å². The van der Waals surface area contributed by atoms with Crippen molar-refractivity contribution in [3.05, 3.63) is 75.2 Å². The predicted molar refractivity (Wildman–Crippen MR) is 129 cm³/mol. The van der Waals surface area contributed by atoms with Gasteiger partial charge in [0.15, 0.2) is 6.10 Å². The summed E-state index contributed by atoms with van der Waals surface area (Å²) in [4.78, 5) is 40.0. The first-order chi connectivity index (χ1) is 16.8. The predicted octanol–water partition coefficient (Wildman–Crippen LogP) is 3.06. The van der Waals surface area contributed by atoms with Crippen LogP contribution in [0.25, 0.3) is 11.1 Å². The summed E-state index contributed by atoms with van der Waals surface area (Å²) in [6, 6.07) is 16.2. The average molecular weight is 496 g/mol. The van der Waals surface area contributed by atoms with Crippen molar-refractivity contribution in [3.63, 3.8) is 0 Å². The molecule has 9 nitrogen and oxygen atoms in total. The smallest absolute Gasteiger partial charge is 0.407 e. The number of hydrogen-bond acceptors (Lipinski definition) is 7. The SMILES string of the molecule is Cc1nc(CNC(=O)OCC2c3ccccc3-c3ccccc32)sc1C(=O)NCCC(O)C(=O)O. The highest BCUT2D eigenvalue weighted by atomic mass is 32.1. The van der Waals surface area contributed by atoms with Gasteiger partial charge < -0.3 is 25.6 Å². The number of ether oxygens (including phenoxy) is 1. The number of fused-ring (bicyclic) bond motifs is 3. The van der Waals surface area contributed by atoms with Gasteiger partial charge in [-0.05, 0) is 29.2 Å². The van der Waals surface area contributed by atoms with Crippen molar-refractivity contribution in [3.8, 4) is 11.1 Å². The first-order valence-corrected chi connectivity index (χ1v) is 11.9. The van der Waals surface area contributed by atoms with Gasteiger partial charge in [0.2, 0.25) is 0 Å². The van der Waals surface area contributed by atoms with E-state index >= 15 is 0 Å². The largest absolute Gasteiger partial charge is 0.479 e. The molecule has 1 aliphatic carbocycles. The van der Waals surface area contributed by atoms with E-state index in [4.69, 9.17) is 9.84 Å². The highest BCUT2D eigenvalue weighted by molar-refractivity contribution is 7.13. The van der Waals surface area contributed by atoms with Crippen molar-refractivity contribution in [2.75, 3.05) is 13.2 Å². The van der Waals surface area contributed by atoms with Gasteiger partial charge in [0, 0.05) is 18.9 Å². The van der Waals surface area contributed by atoms with Crippen LogP contribution in [-0.2, 0) is 16.1 Å². The molecule has 1 aliphatic rings. The lowest BCUT2D eigenvalue weighted by Gasteiger charge is -2.14. The third-order valence-electron chi connectivity index (χ3n) is 5.76. The molecular weight excluding hydrogens is 470 g/mol. The molecule has 0 aliphatic heterocycles. The third kappa shape index (κ3) is 5.50. The molecule has 4 rings (SSSR count). The first kappa shape index (κ1) is 24.4. The number of aliphatic carboxylic acids is 1. The van der Waals surface area contributed by atoms with Gasteiger partial charge in [-0.25, -0.2) is 14.6 Å². The molecule has 0 fully saturated rings. The number of nitrogens with one attached hydrogen (secondary N) is 2. The Balaban J connectivity index is 1.29. The Kier molecular flexibility index (Phi) is 7.42. The number of nitrogens with zero attached hydrogens (tertiary/aromatic N) is 1. The van der Waals surface area contributed by atoms with Gasteiger partial charge in [-0.15, -0.1) is 11.3 Å². The topological polar surface area (TPSA) is 138 Å². The summed E-state index contributed by atoms with van der Waals surface area (Å²) in [6.07, 6.45) is -2.21. The maximum Gasteiger partial charge on any atom is 0.407 e. The quantitative estimate of drug-likeness (QED) is 0.358. The molecule has 1 aromatic heterocycles. The zero-order valence-corrected chi connectivity index (χ0v) is 19.8. The lowest BCUT2D eigenvalue weighted by molar-refractivity contribution is -0.146. The maximum absolute atomic E-state index is 12.4. The van der Waals surface area contributed by atoms with E-state index in [-0.39, 0.29) is 32.0 Å². The van der Waals surface area contributed by atoms with Crippen LogP contribution in [0.15, 0.2) is 48.5 Å². The Morgan fingerprint density at radius 1 is 1.06 bits per heavy atom. The number of alkyl carbamates (subject to hydrolysis) is 1. The number of amides is 2. The normalized spacial score (nSPS) is 13.0. The number of thiazole rings is 1. The Labute approximate surface area is 205 Å². The number of carbonyl (C=O) groups excluding carboxylic acids is 2. The fraction of sp³-hybridized carbons (Fsp3) is 0.280. The molecule has 182 valence electrons. The summed E-state index contributed by atoms with van der Waals surface area (Å²) in [5, 5.41) is 23.8. The van der Waals surface area contributed by atoms with Crippen LogP contribution < -0.4 is 10.6 Å². The minimum Gasteiger partial charge on any atom is -0.479 e. The summed E-state index contributed by atoms with van der Waals surface area (Å²) in [5.74, 6) is -1.79. The van der Waals surface area contributed by atoms with Crippen LogP contribution in [0.1, 0.15) is 43.8 Å². The molecule has 2 amide bonds. The number of carboxylic acids is 1. The van der Waals surface area contributed by atoms with Crippen LogP contribution in [0, 0.1) is 6.92 Å². The van der Waals surface area contributed by atoms with Gasteiger partial charge in [-0.2, -0.15) is 0 Å². The van der Waals surface area contributed by atoms with E-state index in [1.165, 1.54) is 0 Å². The van der Waals surface area contributed by atoms with Crippen molar-refractivity contribution in [2.45, 2.75) is 31.9 Å². The summed E-state index contributed by atoms with van der Waals surface area (Å²) < 4.78 is 5.52. The molecule has 1 atom stereocenters. The Bertz CT molecular complexity index is 1210. The zero-order valence-electron chi connectivity index (χ0n) is 19.0. The summed E-state index contributed by atoms with van der Waals surface area (Å²) in [6.45, 7) is 1.99. The minimum absolute atomic E-state index is 0.0109. The summed E-state index contributed by atoms with van der Waals surface area (Å²) in [7, 11) is 0. The van der Waals surface area contributed by atoms with Crippen molar-refractivity contribution in [1.29, 1.82) is 0 Å². The van der Waals surface area contributed by atoms with Crippen LogP contribution in [0.2, 0.25) is 0 Å². The lowest BCUT2D eigenvalue weighted by atomic mass is 9.98. The highest BCUT2D eigenvalue weighted by Crippen LogP contribution is 2.44. The van der Waals surface area contributed by atoms with Gasteiger partial charge in [0.1, 0.15) is 16.5 Å². The number of hydrogen-bond donors (Lipinski definition) is 4. The van der Waals surface area contributed by atoms with Crippen LogP contribution >= 0.6 is 11.3 Å². The number of aromatic nitrogens is 1. The first-order valence-electron chi connectivity index (χ1n) is 11.1. The zero-order chi connectivity index (χ0) is 24.9. The molecule has 4 N–H and O–H groups in total. The van der Waals surface area contributed by atoms with Gasteiger partial charge >= 0.3 is 12.1 Å². The van der Waals surface area contributed by atoms with Crippen molar-refractivity contribution in [1.82, 2.24) is 15.6 Å². The van der Waals surface area contributed by atoms with Crippen LogP contribution in [0.3, 0.4) is 0 Å². The molecule has 0 saturated carbocycles. The molecule has 1 unspecified atom stereocenters. The van der Waals surface area contributed by atoms with Gasteiger partial charge in [0.05, 0.1) is 12.2 Å². The van der Waals surface area contributed by atoms with Gasteiger partial charge in [-0.3, -0.25) is 4.79 Å². The molecule has 2 aromatic carbocycles. The molecule has 0 radical (unpaired) electrons. The Hall–Kier alpha value is -3.76. The fourth-order valence-corrected chi connectivity index (χ4v) is 4.98. The average Bonchev–Trinajstić information content (AvgIpc) is 3.38. The highest BCUT2D eigenvalue weighted by Gasteiger charge is 2.29. The second-order valence-corrected chi connectivity index (χ2v) is 9.18. The Morgan fingerprint density at radius 3 is 2.31 bits per heavy atom. The molecule has 10 heteroatoms. The van der Waals surface area contributed by atoms with E-state index in [1.54, 1.807) is 6.92 Å². The van der Waals surface area contributed by atoms with E-state index < -0.39 is 24.1 Å². The van der Waals surface area contributed by atoms with Crippen molar-refractivity contribution in [2.24, 2.45) is 0 Å². The van der Waals surface area contributed by atoms with Gasteiger partial charge in [-0.1, -0.05) is 48.5 Å². The number of carbonyl (C=O) groups is 3. The Morgan fingerprint density at radius 2 is 1.69 bits per heavy atom. The number of aliphatic hydroxyl groups is 1. The molecule has 0 spiro atoms. The maximum atomic E-state index is 12.4. The fourth-order valence-electron chi connectivity index (χ4n) is 4.06. The van der Waals surface area contributed by atoms with E-state index in [0.717, 1.165) is 33.6 Å². The lowest BCUT2D eigenvalue weighted by Crippen LogP contribution is -2.29. The number of aryl methyl sites for hydroxylation is 1. The summed E-state index contributed by atoms with van der Waals surface area (Å²) in [5.41, 5.74) is 5.06. The third-order valence-corrected chi connectivity index (χ3v) is 6.92. The number of aliphatic hydroxyl groups excluding tert-OH is 1. The summed E-state index contributed by atoms with van der Waals surface area (Å²) >= 11 is 1.13. The number of carboxylic acid groups (broad SMARTS) is 1. The van der Waals surface area contributed by atoms with E-state index in [1.807, 2.05) is 24.3 Å². The van der Waals surface area contributed by atoms with Crippen molar-refractivity contribution < 1.29 is 29.3 Å². The standard InChI is InChI=1S/C25H25N3O6S/c1-14-22(23(30)26-11-10-20(29)24(31)32)35-21(28-14)12-27-25(33)34-13-19-17-8-4-2-6-15(17)16-7-3-5-9-18(16)19/h2-9,19-20,29H,10-13H2,1H3,(H,26,30)(H,27,33)(H,31,32). The molecular formula is C25H25N3O6S. The van der Waals surface area contributed by atoms with Crippen molar-refractivity contribution >= 4 is 29.3 Å². The number of rotatable bonds is 9. The van der Waals surface area contributed by atoms with E-state index in [2.05, 4.69) is 39.9 Å². The molecule has 0 saturated heterocycles. The molecule has 35 heavy (non-hydrogen) atoms. The molecule has 0 bridgehead atoms. The molecule has 1 heterocycles. The van der Waals surface area contributed by atoms with Gasteiger partial charge in [0.25, 0.3) is 5.91 Å². The van der Waals surface area contributed by atoms with E-state index in [0.29, 0.717) is 15.6 Å². The molecule has 3 aromatic rings. The second-order valence-electron chi connectivity index (χ2n) is 8.10. The van der Waals surface area contributed by atoms with E-state index in [9.17, 15) is 19.5 Å². The van der Waals surface area contributed by atoms with Crippen LogP contribution in [0.5, 0.6) is 0 Å². The van der Waals surface area contributed by atoms with Crippen LogP contribution in [0.4, 0.5) is 4.79 Å². The monoisotopic (exact) mass is 495 g/mol. The number of benzene rings is 2. The second kappa shape index (κ2) is 10.7. The minimum atomic E-state index is -1.53.